The van der Waals surface area contributed by atoms with E-state index in [1.54, 1.807) is 23.6 Å². The first-order chi connectivity index (χ1) is 9.45. The summed E-state index contributed by atoms with van der Waals surface area (Å²) in [5.74, 6) is 0. The Hall–Kier alpha value is -1.59. The van der Waals surface area contributed by atoms with Gasteiger partial charge < -0.3 is 0 Å². The van der Waals surface area contributed by atoms with Gasteiger partial charge in [-0.2, -0.15) is 0 Å². The smallest absolute Gasteiger partial charge is 0.262 e. The molecule has 0 bridgehead atoms. The number of anilines is 1. The zero-order chi connectivity index (χ0) is 14.8. The van der Waals surface area contributed by atoms with Gasteiger partial charge in [-0.1, -0.05) is 18.2 Å². The molecule has 2 aromatic rings. The average molecular weight is 307 g/mol. The molecule has 0 aliphatic rings. The fraction of sp³-hybridized carbons (Fsp3) is 0.200. The summed E-state index contributed by atoms with van der Waals surface area (Å²) in [6, 6.07) is 9.14. The second kappa shape index (κ2) is 5.81. The minimum atomic E-state index is -3.53. The minimum absolute atomic E-state index is 0.253. The van der Waals surface area contributed by atoms with Gasteiger partial charge in [-0.15, -0.1) is 17.9 Å². The number of rotatable bonds is 5. The van der Waals surface area contributed by atoms with Crippen molar-refractivity contribution in [3.05, 3.63) is 59.5 Å². The highest BCUT2D eigenvalue weighted by molar-refractivity contribution is 7.94. The summed E-state index contributed by atoms with van der Waals surface area (Å²) in [6.07, 6.45) is 1.60. The summed E-state index contributed by atoms with van der Waals surface area (Å²) in [5, 5.41) is 1.76. The van der Waals surface area contributed by atoms with Gasteiger partial charge in [-0.3, -0.25) is 4.31 Å². The van der Waals surface area contributed by atoms with Crippen LogP contribution in [0, 0.1) is 13.8 Å². The maximum atomic E-state index is 12.7. The van der Waals surface area contributed by atoms with Crippen molar-refractivity contribution in [3.8, 4) is 0 Å². The predicted molar refractivity (Wildman–Crippen MR) is 85.0 cm³/mol. The Morgan fingerprint density at radius 2 is 1.90 bits per heavy atom. The van der Waals surface area contributed by atoms with E-state index in [4.69, 9.17) is 0 Å². The molecule has 0 amide bonds. The normalized spacial score (nSPS) is 11.3. The fourth-order valence-electron chi connectivity index (χ4n) is 2.07. The number of aryl methyl sites for hydroxylation is 2. The summed E-state index contributed by atoms with van der Waals surface area (Å²) in [6.45, 7) is 7.83. The van der Waals surface area contributed by atoms with Crippen molar-refractivity contribution < 1.29 is 8.42 Å². The number of hydrogen-bond donors (Lipinski definition) is 0. The van der Waals surface area contributed by atoms with Gasteiger partial charge in [0.15, 0.2) is 0 Å². The maximum absolute atomic E-state index is 12.7. The molecule has 5 heteroatoms. The van der Waals surface area contributed by atoms with Crippen molar-refractivity contribution >= 4 is 27.0 Å². The van der Waals surface area contributed by atoms with E-state index < -0.39 is 10.0 Å². The van der Waals surface area contributed by atoms with Gasteiger partial charge in [0, 0.05) is 0 Å². The molecule has 0 aliphatic heterocycles. The summed E-state index contributed by atoms with van der Waals surface area (Å²) in [5.41, 5.74) is 2.75. The van der Waals surface area contributed by atoms with Crippen molar-refractivity contribution in [2.45, 2.75) is 18.1 Å². The molecule has 1 heterocycles. The minimum Gasteiger partial charge on any atom is -0.262 e. The quantitative estimate of drug-likeness (QED) is 0.789. The molecule has 0 saturated carbocycles. The first-order valence-electron chi connectivity index (χ1n) is 6.20. The summed E-state index contributed by atoms with van der Waals surface area (Å²) in [4.78, 5) is 0. The standard InChI is InChI=1S/C15H17NO2S2/c1-4-7-16(14-10-12(2)9-13(3)11-14)20(17,18)15-6-5-8-19-15/h4-6,8-11H,1,7H2,2-3H3. The van der Waals surface area contributed by atoms with Gasteiger partial charge in [-0.25, -0.2) is 8.42 Å². The van der Waals surface area contributed by atoms with Crippen molar-refractivity contribution in [2.75, 3.05) is 10.8 Å². The lowest BCUT2D eigenvalue weighted by atomic mass is 10.1. The lowest BCUT2D eigenvalue weighted by Crippen LogP contribution is -2.30. The molecule has 2 rings (SSSR count). The molecule has 0 saturated heterocycles. The Labute approximate surface area is 124 Å². The number of sulfonamides is 1. The second-order valence-electron chi connectivity index (χ2n) is 4.60. The lowest BCUT2D eigenvalue weighted by molar-refractivity contribution is 0.595. The van der Waals surface area contributed by atoms with Crippen LogP contribution in [0.5, 0.6) is 0 Å². The molecule has 106 valence electrons. The van der Waals surface area contributed by atoms with Crippen LogP contribution < -0.4 is 4.31 Å². The van der Waals surface area contributed by atoms with Crippen LogP contribution in [0.4, 0.5) is 5.69 Å². The molecule has 3 nitrogen and oxygen atoms in total. The number of hydrogen-bond acceptors (Lipinski definition) is 3. The van der Waals surface area contributed by atoms with Gasteiger partial charge in [-0.05, 0) is 48.6 Å². The Bertz CT molecular complexity index is 683. The molecule has 1 aromatic carbocycles. The lowest BCUT2D eigenvalue weighted by Gasteiger charge is -2.23. The van der Waals surface area contributed by atoms with E-state index in [-0.39, 0.29) is 6.54 Å². The monoisotopic (exact) mass is 307 g/mol. The van der Waals surface area contributed by atoms with Gasteiger partial charge in [0.2, 0.25) is 0 Å². The van der Waals surface area contributed by atoms with Crippen molar-refractivity contribution in [3.63, 3.8) is 0 Å². The molecule has 0 fully saturated rings. The molecule has 0 atom stereocenters. The van der Waals surface area contributed by atoms with Crippen LogP contribution >= 0.6 is 11.3 Å². The van der Waals surface area contributed by atoms with E-state index in [1.165, 1.54) is 15.6 Å². The zero-order valence-corrected chi connectivity index (χ0v) is 13.2. The van der Waals surface area contributed by atoms with E-state index >= 15 is 0 Å². The summed E-state index contributed by atoms with van der Waals surface area (Å²) < 4.78 is 27.1. The van der Waals surface area contributed by atoms with E-state index in [1.807, 2.05) is 32.0 Å². The Balaban J connectivity index is 2.54. The van der Waals surface area contributed by atoms with Gasteiger partial charge in [0.1, 0.15) is 4.21 Å². The highest BCUT2D eigenvalue weighted by Crippen LogP contribution is 2.27. The van der Waals surface area contributed by atoms with Crippen LogP contribution in [0.3, 0.4) is 0 Å². The first-order valence-corrected chi connectivity index (χ1v) is 8.52. The SMILES string of the molecule is C=CCN(c1cc(C)cc(C)c1)S(=O)(=O)c1cccs1. The fourth-order valence-corrected chi connectivity index (χ4v) is 4.60. The Morgan fingerprint density at radius 1 is 1.25 bits per heavy atom. The third kappa shape index (κ3) is 2.94. The number of benzene rings is 1. The summed E-state index contributed by atoms with van der Waals surface area (Å²) in [7, 11) is -3.53. The Kier molecular flexibility index (Phi) is 4.30. The van der Waals surface area contributed by atoms with Crippen LogP contribution in [-0.4, -0.2) is 15.0 Å². The average Bonchev–Trinajstić information content (AvgIpc) is 2.88. The number of thiophene rings is 1. The molecular weight excluding hydrogens is 290 g/mol. The van der Waals surface area contributed by atoms with Crippen molar-refractivity contribution in [2.24, 2.45) is 0 Å². The Morgan fingerprint density at radius 3 is 2.40 bits per heavy atom. The predicted octanol–water partition coefficient (Wildman–Crippen LogP) is 3.75. The number of nitrogens with zero attached hydrogens (tertiary/aromatic N) is 1. The van der Waals surface area contributed by atoms with Crippen molar-refractivity contribution in [1.29, 1.82) is 0 Å². The highest BCUT2D eigenvalue weighted by Gasteiger charge is 2.25. The van der Waals surface area contributed by atoms with Crippen LogP contribution in [0.15, 0.2) is 52.6 Å². The van der Waals surface area contributed by atoms with E-state index in [0.717, 1.165) is 11.1 Å². The van der Waals surface area contributed by atoms with Crippen LogP contribution in [-0.2, 0) is 10.0 Å². The molecule has 0 radical (unpaired) electrons. The van der Waals surface area contributed by atoms with Gasteiger partial charge >= 0.3 is 0 Å². The van der Waals surface area contributed by atoms with E-state index in [0.29, 0.717) is 9.90 Å². The molecule has 0 aliphatic carbocycles. The molecule has 1 aromatic heterocycles. The second-order valence-corrected chi connectivity index (χ2v) is 7.64. The van der Waals surface area contributed by atoms with Gasteiger partial charge in [0.25, 0.3) is 10.0 Å². The van der Waals surface area contributed by atoms with Crippen LogP contribution in [0.2, 0.25) is 0 Å². The molecule has 0 unspecified atom stereocenters. The zero-order valence-electron chi connectivity index (χ0n) is 11.5. The molecule has 20 heavy (non-hydrogen) atoms. The van der Waals surface area contributed by atoms with Crippen LogP contribution in [0.1, 0.15) is 11.1 Å². The molecular formula is C15H17NO2S2. The third-order valence-corrected chi connectivity index (χ3v) is 6.00. The highest BCUT2D eigenvalue weighted by atomic mass is 32.2. The summed E-state index contributed by atoms with van der Waals surface area (Å²) >= 11 is 1.22. The van der Waals surface area contributed by atoms with E-state index in [9.17, 15) is 8.42 Å². The van der Waals surface area contributed by atoms with Crippen LogP contribution in [0.25, 0.3) is 0 Å². The molecule has 0 spiro atoms. The molecule has 0 N–H and O–H groups in total. The van der Waals surface area contributed by atoms with Gasteiger partial charge in [0.05, 0.1) is 12.2 Å². The third-order valence-electron chi connectivity index (χ3n) is 2.83. The first kappa shape index (κ1) is 14.8. The maximum Gasteiger partial charge on any atom is 0.274 e. The topological polar surface area (TPSA) is 37.4 Å². The van der Waals surface area contributed by atoms with Crippen molar-refractivity contribution in [1.82, 2.24) is 0 Å². The largest absolute Gasteiger partial charge is 0.274 e. The van der Waals surface area contributed by atoms with E-state index in [2.05, 4.69) is 6.58 Å².